The fourth-order valence-electron chi connectivity index (χ4n) is 2.88. The molecule has 102 valence electrons. The molecule has 0 spiro atoms. The first kappa shape index (κ1) is 14.1. The minimum absolute atomic E-state index is 0.608. The number of thiophene rings is 1. The summed E-state index contributed by atoms with van der Waals surface area (Å²) in [7, 11) is 0. The van der Waals surface area contributed by atoms with E-state index in [-0.39, 0.29) is 0 Å². The zero-order valence-electron chi connectivity index (χ0n) is 11.9. The van der Waals surface area contributed by atoms with Crippen molar-refractivity contribution >= 4 is 11.3 Å². The minimum atomic E-state index is 0.608. The Morgan fingerprint density at radius 2 is 2.06 bits per heavy atom. The van der Waals surface area contributed by atoms with Crippen molar-refractivity contribution in [2.45, 2.75) is 71.3 Å². The van der Waals surface area contributed by atoms with Gasteiger partial charge in [0.1, 0.15) is 0 Å². The van der Waals surface area contributed by atoms with Gasteiger partial charge in [-0.15, -0.1) is 11.3 Å². The third kappa shape index (κ3) is 3.58. The topological polar surface area (TPSA) is 12.0 Å². The standard InChI is InChI=1S/C16H27NS/c1-3-5-6-10-14(17-4-2)16-12-13-9-7-8-11-15(13)18-16/h12,14,17H,3-11H2,1-2H3. The van der Waals surface area contributed by atoms with Gasteiger partial charge >= 0.3 is 0 Å². The summed E-state index contributed by atoms with van der Waals surface area (Å²) in [6, 6.07) is 3.11. The number of hydrogen-bond acceptors (Lipinski definition) is 2. The second kappa shape index (κ2) is 7.30. The molecular formula is C16H27NS. The van der Waals surface area contributed by atoms with Crippen LogP contribution in [0, 0.1) is 0 Å². The van der Waals surface area contributed by atoms with Crippen LogP contribution in [0.4, 0.5) is 0 Å². The van der Waals surface area contributed by atoms with E-state index in [4.69, 9.17) is 0 Å². The lowest BCUT2D eigenvalue weighted by Crippen LogP contribution is -2.19. The van der Waals surface area contributed by atoms with Gasteiger partial charge in [0.05, 0.1) is 0 Å². The van der Waals surface area contributed by atoms with Crippen LogP contribution in [0.5, 0.6) is 0 Å². The van der Waals surface area contributed by atoms with Crippen LogP contribution in [0.1, 0.15) is 73.7 Å². The number of aryl methyl sites for hydroxylation is 2. The summed E-state index contributed by atoms with van der Waals surface area (Å²) < 4.78 is 0. The van der Waals surface area contributed by atoms with E-state index in [1.165, 1.54) is 51.4 Å². The Hall–Kier alpha value is -0.340. The highest BCUT2D eigenvalue weighted by Gasteiger charge is 2.18. The van der Waals surface area contributed by atoms with E-state index in [1.54, 1.807) is 15.3 Å². The predicted octanol–water partition coefficient (Wildman–Crippen LogP) is 4.86. The fraction of sp³-hybridized carbons (Fsp3) is 0.750. The molecule has 0 saturated heterocycles. The average molecular weight is 265 g/mol. The molecule has 0 fully saturated rings. The summed E-state index contributed by atoms with van der Waals surface area (Å²) in [4.78, 5) is 3.27. The maximum atomic E-state index is 3.68. The highest BCUT2D eigenvalue weighted by Crippen LogP contribution is 2.34. The quantitative estimate of drug-likeness (QED) is 0.694. The van der Waals surface area contributed by atoms with Crippen LogP contribution in [-0.2, 0) is 12.8 Å². The van der Waals surface area contributed by atoms with Crippen molar-refractivity contribution in [3.63, 3.8) is 0 Å². The average Bonchev–Trinajstić information content (AvgIpc) is 2.81. The number of rotatable bonds is 7. The first-order valence-corrected chi connectivity index (χ1v) is 8.51. The maximum absolute atomic E-state index is 3.68. The number of unbranched alkanes of at least 4 members (excludes halogenated alkanes) is 2. The summed E-state index contributed by atoms with van der Waals surface area (Å²) in [5.41, 5.74) is 1.65. The molecule has 0 saturated carbocycles. The van der Waals surface area contributed by atoms with Crippen LogP contribution in [0.25, 0.3) is 0 Å². The van der Waals surface area contributed by atoms with Crippen molar-refractivity contribution in [1.82, 2.24) is 5.32 Å². The summed E-state index contributed by atoms with van der Waals surface area (Å²) in [5.74, 6) is 0. The summed E-state index contributed by atoms with van der Waals surface area (Å²) in [6.45, 7) is 5.59. The van der Waals surface area contributed by atoms with Gasteiger partial charge in [0.2, 0.25) is 0 Å². The Labute approximate surface area is 116 Å². The lowest BCUT2D eigenvalue weighted by Gasteiger charge is -2.16. The molecule has 0 radical (unpaired) electrons. The molecule has 18 heavy (non-hydrogen) atoms. The molecule has 1 aliphatic rings. The molecule has 1 atom stereocenters. The molecule has 1 aliphatic carbocycles. The Morgan fingerprint density at radius 3 is 2.78 bits per heavy atom. The molecule has 1 nitrogen and oxygen atoms in total. The van der Waals surface area contributed by atoms with Crippen molar-refractivity contribution < 1.29 is 0 Å². The molecule has 2 heteroatoms. The van der Waals surface area contributed by atoms with Crippen LogP contribution < -0.4 is 5.32 Å². The monoisotopic (exact) mass is 265 g/mol. The zero-order chi connectivity index (χ0) is 12.8. The molecule has 0 aromatic carbocycles. The predicted molar refractivity (Wildman–Crippen MR) is 81.5 cm³/mol. The minimum Gasteiger partial charge on any atom is -0.310 e. The highest BCUT2D eigenvalue weighted by atomic mass is 32.1. The fourth-order valence-corrected chi connectivity index (χ4v) is 4.24. The van der Waals surface area contributed by atoms with Gasteiger partial charge in [-0.3, -0.25) is 0 Å². The summed E-state index contributed by atoms with van der Waals surface area (Å²) >= 11 is 2.08. The van der Waals surface area contributed by atoms with Crippen LogP contribution in [-0.4, -0.2) is 6.54 Å². The van der Waals surface area contributed by atoms with Gasteiger partial charge in [-0.05, 0) is 50.3 Å². The second-order valence-corrected chi connectivity index (χ2v) is 6.58. The van der Waals surface area contributed by atoms with Crippen LogP contribution in [0.15, 0.2) is 6.07 Å². The number of nitrogens with one attached hydrogen (secondary N) is 1. The van der Waals surface area contributed by atoms with Crippen molar-refractivity contribution in [3.8, 4) is 0 Å². The molecular weight excluding hydrogens is 238 g/mol. The molecule has 1 aromatic rings. The van der Waals surface area contributed by atoms with Gasteiger partial charge in [-0.25, -0.2) is 0 Å². The summed E-state index contributed by atoms with van der Waals surface area (Å²) in [6.07, 6.45) is 10.8. The van der Waals surface area contributed by atoms with Crippen LogP contribution in [0.3, 0.4) is 0 Å². The normalized spacial score (nSPS) is 16.6. The molecule has 2 rings (SSSR count). The van der Waals surface area contributed by atoms with E-state index in [1.807, 2.05) is 0 Å². The molecule has 1 heterocycles. The van der Waals surface area contributed by atoms with E-state index in [9.17, 15) is 0 Å². The van der Waals surface area contributed by atoms with Crippen molar-refractivity contribution in [2.24, 2.45) is 0 Å². The maximum Gasteiger partial charge on any atom is 0.0414 e. The molecule has 0 amide bonds. The number of hydrogen-bond donors (Lipinski definition) is 1. The Morgan fingerprint density at radius 1 is 1.22 bits per heavy atom. The smallest absolute Gasteiger partial charge is 0.0414 e. The SMILES string of the molecule is CCCCCC(NCC)c1cc2c(s1)CCCC2. The van der Waals surface area contributed by atoms with Crippen molar-refractivity contribution in [2.75, 3.05) is 6.54 Å². The van der Waals surface area contributed by atoms with Crippen molar-refractivity contribution in [3.05, 3.63) is 21.4 Å². The lowest BCUT2D eigenvalue weighted by atomic mass is 9.98. The third-order valence-corrected chi connectivity index (χ3v) is 5.26. The van der Waals surface area contributed by atoms with E-state index in [0.29, 0.717) is 6.04 Å². The molecule has 1 N–H and O–H groups in total. The van der Waals surface area contributed by atoms with E-state index in [0.717, 1.165) is 6.54 Å². The van der Waals surface area contributed by atoms with Gasteiger partial charge < -0.3 is 5.32 Å². The lowest BCUT2D eigenvalue weighted by molar-refractivity contribution is 0.492. The first-order valence-electron chi connectivity index (χ1n) is 7.70. The van der Waals surface area contributed by atoms with Crippen molar-refractivity contribution in [1.29, 1.82) is 0 Å². The van der Waals surface area contributed by atoms with Gasteiger partial charge in [0, 0.05) is 15.8 Å². The number of fused-ring (bicyclic) bond motifs is 1. The van der Waals surface area contributed by atoms with E-state index in [2.05, 4.69) is 36.6 Å². The van der Waals surface area contributed by atoms with Gasteiger partial charge in [-0.2, -0.15) is 0 Å². The second-order valence-electron chi connectivity index (χ2n) is 5.41. The zero-order valence-corrected chi connectivity index (χ0v) is 12.7. The largest absolute Gasteiger partial charge is 0.310 e. The van der Waals surface area contributed by atoms with E-state index >= 15 is 0 Å². The Balaban J connectivity index is 2.02. The third-order valence-electron chi connectivity index (χ3n) is 3.91. The van der Waals surface area contributed by atoms with E-state index < -0.39 is 0 Å². The van der Waals surface area contributed by atoms with Crippen LogP contribution in [0.2, 0.25) is 0 Å². The first-order chi connectivity index (χ1) is 8.85. The molecule has 1 unspecified atom stereocenters. The van der Waals surface area contributed by atoms with Gasteiger partial charge in [0.25, 0.3) is 0 Å². The van der Waals surface area contributed by atoms with Gasteiger partial charge in [-0.1, -0.05) is 33.1 Å². The van der Waals surface area contributed by atoms with Gasteiger partial charge in [0.15, 0.2) is 0 Å². The Bertz CT molecular complexity index is 332. The summed E-state index contributed by atoms with van der Waals surface area (Å²) in [5, 5.41) is 3.68. The van der Waals surface area contributed by atoms with Crippen LogP contribution >= 0.6 is 11.3 Å². The molecule has 0 bridgehead atoms. The Kier molecular flexibility index (Phi) is 5.71. The molecule has 0 aliphatic heterocycles. The molecule has 1 aromatic heterocycles. The highest BCUT2D eigenvalue weighted by molar-refractivity contribution is 7.12.